The zero-order valence-electron chi connectivity index (χ0n) is 15.7. The van der Waals surface area contributed by atoms with Crippen LogP contribution in [0.15, 0.2) is 29.2 Å². The Kier molecular flexibility index (Phi) is 5.46. The van der Waals surface area contributed by atoms with E-state index in [9.17, 15) is 9.90 Å². The van der Waals surface area contributed by atoms with Crippen LogP contribution in [-0.2, 0) is 4.74 Å². The molecule has 1 spiro atoms. The normalized spacial score (nSPS) is 27.6. The van der Waals surface area contributed by atoms with Gasteiger partial charge in [-0.1, -0.05) is 12.7 Å². The Morgan fingerprint density at radius 3 is 2.64 bits per heavy atom. The van der Waals surface area contributed by atoms with Crippen molar-refractivity contribution in [1.29, 1.82) is 0 Å². The van der Waals surface area contributed by atoms with Crippen molar-refractivity contribution < 1.29 is 14.6 Å². The molecule has 2 aliphatic rings. The number of ether oxygens (including phenoxy) is 1. The van der Waals surface area contributed by atoms with E-state index in [2.05, 4.69) is 11.6 Å². The maximum atomic E-state index is 12.6. The molecule has 1 amide bonds. The summed E-state index contributed by atoms with van der Waals surface area (Å²) in [6.07, 6.45) is 4.56. The van der Waals surface area contributed by atoms with Crippen LogP contribution in [0.2, 0.25) is 0 Å². The molecule has 3 N–H and O–H groups in total. The SMILES string of the molecule is C=C(N)/N=C\C(=C/C)N1CCC2(CCCN2C(=O)OC(C)(C)C)[C@@H]1O. The molecule has 0 radical (unpaired) electrons. The second-order valence-corrected chi connectivity index (χ2v) is 7.62. The van der Waals surface area contributed by atoms with Gasteiger partial charge in [0.25, 0.3) is 0 Å². The van der Waals surface area contributed by atoms with Crippen LogP contribution in [0.3, 0.4) is 0 Å². The number of aliphatic hydroxyl groups is 1. The topological polar surface area (TPSA) is 91.4 Å². The number of carbonyl (C=O) groups excluding carboxylic acids is 1. The summed E-state index contributed by atoms with van der Waals surface area (Å²) in [5, 5.41) is 11.0. The van der Waals surface area contributed by atoms with Crippen molar-refractivity contribution in [3.63, 3.8) is 0 Å². The highest BCUT2D eigenvalue weighted by Gasteiger charge is 2.55. The van der Waals surface area contributed by atoms with Gasteiger partial charge < -0.3 is 20.5 Å². The largest absolute Gasteiger partial charge is 0.444 e. The zero-order valence-corrected chi connectivity index (χ0v) is 15.7. The lowest BCUT2D eigenvalue weighted by molar-refractivity contribution is -0.0514. The highest BCUT2D eigenvalue weighted by molar-refractivity contribution is 5.78. The number of hydrogen-bond acceptors (Lipinski definition) is 6. The first-order chi connectivity index (χ1) is 11.6. The van der Waals surface area contributed by atoms with Crippen molar-refractivity contribution in [2.24, 2.45) is 10.7 Å². The fourth-order valence-corrected chi connectivity index (χ4v) is 3.61. The van der Waals surface area contributed by atoms with Crippen LogP contribution < -0.4 is 5.73 Å². The molecule has 2 aliphatic heterocycles. The summed E-state index contributed by atoms with van der Waals surface area (Å²) in [5.41, 5.74) is 5.07. The predicted molar refractivity (Wildman–Crippen MR) is 97.8 cm³/mol. The third kappa shape index (κ3) is 3.98. The lowest BCUT2D eigenvalue weighted by atomic mass is 9.93. The molecule has 7 nitrogen and oxygen atoms in total. The number of hydrogen-bond donors (Lipinski definition) is 2. The summed E-state index contributed by atoms with van der Waals surface area (Å²) >= 11 is 0. The molecule has 2 atom stereocenters. The molecular weight excluding hydrogens is 320 g/mol. The third-order valence-electron chi connectivity index (χ3n) is 4.69. The van der Waals surface area contributed by atoms with Crippen molar-refractivity contribution in [3.8, 4) is 0 Å². The molecule has 0 aliphatic carbocycles. The molecule has 7 heteroatoms. The second-order valence-electron chi connectivity index (χ2n) is 7.62. The van der Waals surface area contributed by atoms with Crippen molar-refractivity contribution in [3.05, 3.63) is 24.2 Å². The van der Waals surface area contributed by atoms with E-state index in [0.717, 1.165) is 18.5 Å². The van der Waals surface area contributed by atoms with Crippen LogP contribution in [0, 0.1) is 0 Å². The fraction of sp³-hybridized carbons (Fsp3) is 0.667. The van der Waals surface area contributed by atoms with Gasteiger partial charge in [-0.05, 0) is 47.0 Å². The van der Waals surface area contributed by atoms with Crippen LogP contribution in [0.1, 0.15) is 47.0 Å². The van der Waals surface area contributed by atoms with Gasteiger partial charge in [-0.15, -0.1) is 0 Å². The minimum atomic E-state index is -0.814. The first kappa shape index (κ1) is 19.3. The highest BCUT2D eigenvalue weighted by atomic mass is 16.6. The van der Waals surface area contributed by atoms with E-state index in [-0.39, 0.29) is 11.9 Å². The Bertz CT molecular complexity index is 594. The lowest BCUT2D eigenvalue weighted by Crippen LogP contribution is -2.56. The van der Waals surface area contributed by atoms with E-state index in [1.807, 2.05) is 38.7 Å². The van der Waals surface area contributed by atoms with E-state index in [1.165, 1.54) is 0 Å². The summed E-state index contributed by atoms with van der Waals surface area (Å²) in [5.74, 6) is 0.207. The standard InChI is InChI=1S/C18H30N4O3/c1-6-14(12-20-13(2)19)21-11-9-18(15(21)23)8-7-10-22(18)16(24)25-17(3,4)5/h6,12,15,23H,2,7-11,19H2,1,3-5H3/b14-6+,20-12-/t15-,18?/m0/s1. The second kappa shape index (κ2) is 7.07. The molecule has 25 heavy (non-hydrogen) atoms. The molecule has 140 valence electrons. The lowest BCUT2D eigenvalue weighted by Gasteiger charge is -2.39. The summed E-state index contributed by atoms with van der Waals surface area (Å²) in [7, 11) is 0. The number of aliphatic imine (C=N–C) groups is 1. The van der Waals surface area contributed by atoms with Gasteiger partial charge in [0.15, 0.2) is 6.23 Å². The summed E-state index contributed by atoms with van der Waals surface area (Å²) in [4.78, 5) is 20.2. The van der Waals surface area contributed by atoms with Crippen molar-refractivity contribution in [1.82, 2.24) is 9.80 Å². The van der Waals surface area contributed by atoms with Gasteiger partial charge in [-0.3, -0.25) is 4.90 Å². The van der Waals surface area contributed by atoms with Gasteiger partial charge in [0.05, 0.1) is 17.5 Å². The maximum absolute atomic E-state index is 12.6. The van der Waals surface area contributed by atoms with Gasteiger partial charge in [0.1, 0.15) is 11.4 Å². The van der Waals surface area contributed by atoms with Crippen molar-refractivity contribution in [2.75, 3.05) is 13.1 Å². The molecule has 2 saturated heterocycles. The molecule has 2 fully saturated rings. The van der Waals surface area contributed by atoms with E-state index in [4.69, 9.17) is 10.5 Å². The van der Waals surface area contributed by atoms with Gasteiger partial charge in [-0.25, -0.2) is 9.79 Å². The van der Waals surface area contributed by atoms with Gasteiger partial charge >= 0.3 is 6.09 Å². The Morgan fingerprint density at radius 2 is 2.08 bits per heavy atom. The van der Waals surface area contributed by atoms with Gasteiger partial charge in [0, 0.05) is 13.1 Å². The maximum Gasteiger partial charge on any atom is 0.410 e. The Hall–Kier alpha value is -2.02. The molecule has 0 aromatic rings. The molecular formula is C18H30N4O3. The van der Waals surface area contributed by atoms with Crippen LogP contribution in [0.4, 0.5) is 4.79 Å². The molecule has 0 aromatic heterocycles. The Morgan fingerprint density at radius 1 is 1.40 bits per heavy atom. The number of carbonyl (C=O) groups is 1. The van der Waals surface area contributed by atoms with Gasteiger partial charge in [0.2, 0.25) is 0 Å². The fourth-order valence-electron chi connectivity index (χ4n) is 3.61. The summed E-state index contributed by atoms with van der Waals surface area (Å²) in [6.45, 7) is 12.2. The van der Waals surface area contributed by atoms with Crippen LogP contribution in [-0.4, -0.2) is 57.7 Å². The minimum Gasteiger partial charge on any atom is -0.444 e. The van der Waals surface area contributed by atoms with Crippen LogP contribution >= 0.6 is 0 Å². The number of nitrogens with zero attached hydrogens (tertiary/aromatic N) is 3. The molecule has 0 aromatic carbocycles. The average molecular weight is 350 g/mol. The Labute approximate surface area is 149 Å². The Balaban J connectivity index is 2.21. The van der Waals surface area contributed by atoms with Crippen molar-refractivity contribution >= 4 is 12.3 Å². The van der Waals surface area contributed by atoms with Crippen molar-refractivity contribution in [2.45, 2.75) is 64.3 Å². The molecule has 0 bridgehead atoms. The number of rotatable bonds is 3. The first-order valence-corrected chi connectivity index (χ1v) is 8.71. The number of likely N-dealkylation sites (tertiary alicyclic amines) is 2. The monoisotopic (exact) mass is 350 g/mol. The smallest absolute Gasteiger partial charge is 0.410 e. The molecule has 2 rings (SSSR count). The first-order valence-electron chi connectivity index (χ1n) is 8.71. The highest BCUT2D eigenvalue weighted by Crippen LogP contribution is 2.43. The van der Waals surface area contributed by atoms with Crippen LogP contribution in [0.25, 0.3) is 0 Å². The quantitative estimate of drug-likeness (QED) is 0.761. The number of nitrogens with two attached hydrogens (primary N) is 1. The molecule has 1 unspecified atom stereocenters. The minimum absolute atomic E-state index is 0.207. The van der Waals surface area contributed by atoms with E-state index in [0.29, 0.717) is 19.5 Å². The molecule has 2 heterocycles. The predicted octanol–water partition coefficient (Wildman–Crippen LogP) is 2.18. The summed E-state index contributed by atoms with van der Waals surface area (Å²) < 4.78 is 5.55. The molecule has 0 saturated carbocycles. The van der Waals surface area contributed by atoms with E-state index >= 15 is 0 Å². The average Bonchev–Trinajstić information content (AvgIpc) is 3.05. The van der Waals surface area contributed by atoms with Gasteiger partial charge in [-0.2, -0.15) is 0 Å². The van der Waals surface area contributed by atoms with E-state index < -0.39 is 17.4 Å². The number of aliphatic hydroxyl groups excluding tert-OH is 1. The summed E-state index contributed by atoms with van der Waals surface area (Å²) in [6, 6.07) is 0. The number of allylic oxidation sites excluding steroid dienone is 2. The zero-order chi connectivity index (χ0) is 18.8. The third-order valence-corrected chi connectivity index (χ3v) is 4.69. The van der Waals surface area contributed by atoms with E-state index in [1.54, 1.807) is 11.1 Å². The number of amides is 1. The van der Waals surface area contributed by atoms with Crippen LogP contribution in [0.5, 0.6) is 0 Å².